The minimum atomic E-state index is -0.00979. The SMILES string of the molecule is Cc1nn(-c2ccc(C#N)c(Cl)c2)c(C)c1Cc1ccc(C(=O)N(C)C)cc1. The first-order valence-corrected chi connectivity index (χ1v) is 9.25. The molecule has 0 saturated heterocycles. The van der Waals surface area contributed by atoms with Gasteiger partial charge >= 0.3 is 0 Å². The van der Waals surface area contributed by atoms with Crippen molar-refractivity contribution in [3.05, 3.63) is 81.1 Å². The van der Waals surface area contributed by atoms with Gasteiger partial charge in [-0.15, -0.1) is 0 Å². The molecule has 0 spiro atoms. The third-order valence-corrected chi connectivity index (χ3v) is 5.06. The number of hydrogen-bond donors (Lipinski definition) is 0. The Kier molecular flexibility index (Phi) is 5.53. The van der Waals surface area contributed by atoms with E-state index in [1.807, 2.05) is 48.9 Å². The van der Waals surface area contributed by atoms with Crippen molar-refractivity contribution in [2.75, 3.05) is 14.1 Å². The number of amides is 1. The zero-order chi connectivity index (χ0) is 20.4. The third kappa shape index (κ3) is 3.78. The Morgan fingerprint density at radius 2 is 1.86 bits per heavy atom. The molecule has 6 heteroatoms. The molecule has 3 aromatic rings. The first-order chi connectivity index (χ1) is 13.3. The minimum Gasteiger partial charge on any atom is -0.345 e. The highest BCUT2D eigenvalue weighted by Crippen LogP contribution is 2.24. The standard InChI is InChI=1S/C22H21ClN4O/c1-14-20(11-16-5-7-17(8-6-16)22(28)26(3)4)15(2)27(25-14)19-10-9-18(13-24)21(23)12-19/h5-10,12H,11H2,1-4H3. The maximum absolute atomic E-state index is 12.0. The molecule has 1 heterocycles. The summed E-state index contributed by atoms with van der Waals surface area (Å²) in [5, 5.41) is 14.1. The number of aromatic nitrogens is 2. The fourth-order valence-electron chi connectivity index (χ4n) is 3.14. The van der Waals surface area contributed by atoms with E-state index in [2.05, 4.69) is 11.2 Å². The van der Waals surface area contributed by atoms with Gasteiger partial charge in [0, 0.05) is 37.3 Å². The summed E-state index contributed by atoms with van der Waals surface area (Å²) in [5.74, 6) is -0.00979. The van der Waals surface area contributed by atoms with Gasteiger partial charge in [0.15, 0.2) is 0 Å². The van der Waals surface area contributed by atoms with E-state index in [4.69, 9.17) is 16.9 Å². The molecule has 0 N–H and O–H groups in total. The zero-order valence-corrected chi connectivity index (χ0v) is 17.1. The van der Waals surface area contributed by atoms with Gasteiger partial charge < -0.3 is 4.90 Å². The molecular weight excluding hydrogens is 372 g/mol. The van der Waals surface area contributed by atoms with Crippen LogP contribution in [0.1, 0.15) is 38.4 Å². The summed E-state index contributed by atoms with van der Waals surface area (Å²) in [7, 11) is 3.49. The summed E-state index contributed by atoms with van der Waals surface area (Å²) < 4.78 is 1.85. The molecule has 5 nitrogen and oxygen atoms in total. The highest BCUT2D eigenvalue weighted by Gasteiger charge is 2.15. The van der Waals surface area contributed by atoms with Gasteiger partial charge in [-0.2, -0.15) is 10.4 Å². The van der Waals surface area contributed by atoms with Crippen LogP contribution in [0, 0.1) is 25.2 Å². The number of rotatable bonds is 4. The maximum atomic E-state index is 12.0. The van der Waals surface area contributed by atoms with Crippen molar-refractivity contribution in [3.8, 4) is 11.8 Å². The number of nitriles is 1. The van der Waals surface area contributed by atoms with Crippen LogP contribution in [-0.2, 0) is 6.42 Å². The number of carbonyl (C=O) groups is 1. The van der Waals surface area contributed by atoms with Crippen molar-refractivity contribution in [1.82, 2.24) is 14.7 Å². The fraction of sp³-hybridized carbons (Fsp3) is 0.227. The van der Waals surface area contributed by atoms with Gasteiger partial charge in [0.25, 0.3) is 5.91 Å². The first kappa shape index (κ1) is 19.7. The molecule has 3 rings (SSSR count). The van der Waals surface area contributed by atoms with Crippen LogP contribution in [-0.4, -0.2) is 34.7 Å². The first-order valence-electron chi connectivity index (χ1n) is 8.87. The molecule has 0 aliphatic heterocycles. The number of aryl methyl sites for hydroxylation is 1. The molecule has 0 radical (unpaired) electrons. The van der Waals surface area contributed by atoms with Crippen LogP contribution in [0.4, 0.5) is 0 Å². The lowest BCUT2D eigenvalue weighted by molar-refractivity contribution is 0.0827. The normalized spacial score (nSPS) is 10.6. The molecule has 0 saturated carbocycles. The number of carbonyl (C=O) groups excluding carboxylic acids is 1. The van der Waals surface area contributed by atoms with Gasteiger partial charge in [0.05, 0.1) is 22.0 Å². The molecular formula is C22H21ClN4O. The predicted molar refractivity (Wildman–Crippen MR) is 110 cm³/mol. The maximum Gasteiger partial charge on any atom is 0.253 e. The molecule has 0 aliphatic rings. The fourth-order valence-corrected chi connectivity index (χ4v) is 3.35. The highest BCUT2D eigenvalue weighted by atomic mass is 35.5. The second-order valence-corrected chi connectivity index (χ2v) is 7.32. The lowest BCUT2D eigenvalue weighted by atomic mass is 10.0. The zero-order valence-electron chi connectivity index (χ0n) is 16.3. The van der Waals surface area contributed by atoms with Gasteiger partial charge in [0.1, 0.15) is 6.07 Å². The van der Waals surface area contributed by atoms with Crippen molar-refractivity contribution >= 4 is 17.5 Å². The summed E-state index contributed by atoms with van der Waals surface area (Å²) >= 11 is 6.18. The summed E-state index contributed by atoms with van der Waals surface area (Å²) in [4.78, 5) is 13.6. The van der Waals surface area contributed by atoms with Crippen molar-refractivity contribution in [1.29, 1.82) is 5.26 Å². The molecule has 0 atom stereocenters. The summed E-state index contributed by atoms with van der Waals surface area (Å²) in [6.07, 6.45) is 0.720. The van der Waals surface area contributed by atoms with Gasteiger partial charge in [-0.3, -0.25) is 4.79 Å². The van der Waals surface area contributed by atoms with Gasteiger partial charge in [-0.1, -0.05) is 23.7 Å². The molecule has 28 heavy (non-hydrogen) atoms. The van der Waals surface area contributed by atoms with Crippen molar-refractivity contribution in [2.45, 2.75) is 20.3 Å². The van der Waals surface area contributed by atoms with Crippen LogP contribution in [0.2, 0.25) is 5.02 Å². The quantitative estimate of drug-likeness (QED) is 0.664. The molecule has 1 amide bonds. The van der Waals surface area contributed by atoms with E-state index in [-0.39, 0.29) is 5.91 Å². The van der Waals surface area contributed by atoms with E-state index in [9.17, 15) is 4.79 Å². The van der Waals surface area contributed by atoms with Crippen LogP contribution >= 0.6 is 11.6 Å². The van der Waals surface area contributed by atoms with Crippen LogP contribution in [0.25, 0.3) is 5.69 Å². The van der Waals surface area contributed by atoms with E-state index in [0.29, 0.717) is 16.1 Å². The van der Waals surface area contributed by atoms with E-state index < -0.39 is 0 Å². The van der Waals surface area contributed by atoms with E-state index in [1.54, 1.807) is 31.1 Å². The Bertz CT molecular complexity index is 1080. The van der Waals surface area contributed by atoms with Crippen LogP contribution in [0.3, 0.4) is 0 Å². The molecule has 0 fully saturated rings. The average molecular weight is 393 g/mol. The van der Waals surface area contributed by atoms with Crippen LogP contribution in [0.15, 0.2) is 42.5 Å². The van der Waals surface area contributed by atoms with Crippen LogP contribution in [0.5, 0.6) is 0 Å². The summed E-state index contributed by atoms with van der Waals surface area (Å²) in [6, 6.07) is 15.0. The Labute approximate surface area is 169 Å². The summed E-state index contributed by atoms with van der Waals surface area (Å²) in [5.41, 5.74) is 6.14. The predicted octanol–water partition coefficient (Wildman–Crippen LogP) is 4.31. The van der Waals surface area contributed by atoms with Crippen LogP contribution < -0.4 is 0 Å². The highest BCUT2D eigenvalue weighted by molar-refractivity contribution is 6.31. The van der Waals surface area contributed by atoms with E-state index >= 15 is 0 Å². The van der Waals surface area contributed by atoms with Crippen molar-refractivity contribution in [2.24, 2.45) is 0 Å². The average Bonchev–Trinajstić information content (AvgIpc) is 2.96. The largest absolute Gasteiger partial charge is 0.345 e. The van der Waals surface area contributed by atoms with Gasteiger partial charge in [-0.05, 0) is 49.7 Å². The Hall–Kier alpha value is -3.10. The Morgan fingerprint density at radius 1 is 1.18 bits per heavy atom. The molecule has 142 valence electrons. The Morgan fingerprint density at radius 3 is 2.43 bits per heavy atom. The second-order valence-electron chi connectivity index (χ2n) is 6.91. The topological polar surface area (TPSA) is 61.9 Å². The Balaban J connectivity index is 1.89. The van der Waals surface area contributed by atoms with Gasteiger partial charge in [0.2, 0.25) is 0 Å². The molecule has 2 aromatic carbocycles. The summed E-state index contributed by atoms with van der Waals surface area (Å²) in [6.45, 7) is 4.00. The minimum absolute atomic E-state index is 0.00979. The molecule has 0 bridgehead atoms. The third-order valence-electron chi connectivity index (χ3n) is 4.75. The number of hydrogen-bond acceptors (Lipinski definition) is 3. The monoisotopic (exact) mass is 392 g/mol. The van der Waals surface area contributed by atoms with Crippen molar-refractivity contribution in [3.63, 3.8) is 0 Å². The smallest absolute Gasteiger partial charge is 0.253 e. The lowest BCUT2D eigenvalue weighted by Gasteiger charge is -2.11. The number of halogens is 1. The second kappa shape index (κ2) is 7.87. The van der Waals surface area contributed by atoms with Crippen molar-refractivity contribution < 1.29 is 4.79 Å². The number of nitrogens with zero attached hydrogens (tertiary/aromatic N) is 4. The lowest BCUT2D eigenvalue weighted by Crippen LogP contribution is -2.21. The van der Waals surface area contributed by atoms with E-state index in [1.165, 1.54) is 0 Å². The number of benzene rings is 2. The molecule has 0 unspecified atom stereocenters. The van der Waals surface area contributed by atoms with E-state index in [0.717, 1.165) is 34.6 Å². The molecule has 0 aliphatic carbocycles. The van der Waals surface area contributed by atoms with Gasteiger partial charge in [-0.25, -0.2) is 4.68 Å². The molecule has 1 aromatic heterocycles.